The van der Waals surface area contributed by atoms with Gasteiger partial charge in [0, 0.05) is 5.56 Å². The summed E-state index contributed by atoms with van der Waals surface area (Å²) in [5.74, 6) is 0.800. The Labute approximate surface area is 158 Å². The number of carbonyl (C=O) groups is 1. The van der Waals surface area contributed by atoms with Crippen molar-refractivity contribution in [3.05, 3.63) is 59.7 Å². The van der Waals surface area contributed by atoms with Gasteiger partial charge in [-0.1, -0.05) is 18.2 Å². The van der Waals surface area contributed by atoms with Gasteiger partial charge in [-0.2, -0.15) is 5.10 Å². The lowest BCUT2D eigenvalue weighted by Crippen LogP contribution is -2.41. The van der Waals surface area contributed by atoms with Gasteiger partial charge in [0.15, 0.2) is 0 Å². The summed E-state index contributed by atoms with van der Waals surface area (Å²) in [5.41, 5.74) is 11.3. The van der Waals surface area contributed by atoms with Gasteiger partial charge in [-0.3, -0.25) is 4.79 Å². The molecule has 1 fully saturated rings. The van der Waals surface area contributed by atoms with Gasteiger partial charge in [0.1, 0.15) is 17.5 Å². The van der Waals surface area contributed by atoms with E-state index in [2.05, 4.69) is 21.4 Å². The van der Waals surface area contributed by atoms with Gasteiger partial charge >= 0.3 is 0 Å². The minimum atomic E-state index is -0.402. The number of hydrazone groups is 1. The Morgan fingerprint density at radius 3 is 2.70 bits per heavy atom. The topological polar surface area (TPSA) is 95.0 Å². The van der Waals surface area contributed by atoms with Crippen molar-refractivity contribution in [2.75, 3.05) is 6.61 Å². The molecule has 1 amide bonds. The van der Waals surface area contributed by atoms with Crippen molar-refractivity contribution in [2.24, 2.45) is 5.10 Å². The van der Waals surface area contributed by atoms with Gasteiger partial charge in [0.25, 0.3) is 5.91 Å². The van der Waals surface area contributed by atoms with Gasteiger partial charge in [-0.25, -0.2) is 16.3 Å². The molecule has 3 rings (SSSR count). The number of nitrogens with one attached hydrogen (secondary N) is 3. The van der Waals surface area contributed by atoms with Gasteiger partial charge in [-0.15, -0.1) is 0 Å². The Hall–Kier alpha value is -2.90. The minimum absolute atomic E-state index is 0.0225. The van der Waals surface area contributed by atoms with E-state index in [0.29, 0.717) is 18.7 Å². The Kier molecular flexibility index (Phi) is 6.05. The first-order valence-electron chi connectivity index (χ1n) is 8.94. The highest BCUT2D eigenvalue weighted by Gasteiger charge is 2.31. The van der Waals surface area contributed by atoms with Crippen molar-refractivity contribution < 1.29 is 14.6 Å². The fraction of sp³-hybridized carbons (Fsp3) is 0.300. The highest BCUT2D eigenvalue weighted by Crippen LogP contribution is 2.30. The molecular weight excluding hydrogens is 344 g/mol. The molecule has 7 nitrogen and oxygen atoms in total. The van der Waals surface area contributed by atoms with Crippen LogP contribution >= 0.6 is 0 Å². The maximum absolute atomic E-state index is 12.4. The fourth-order valence-corrected chi connectivity index (χ4v) is 2.97. The summed E-state index contributed by atoms with van der Waals surface area (Å²) in [5, 5.41) is 13.5. The number of nitrogens with zero attached hydrogens (tertiary/aromatic N) is 1. The minimum Gasteiger partial charge on any atom is -0.508 e. The lowest BCUT2D eigenvalue weighted by molar-refractivity contribution is -0.122. The average Bonchev–Trinajstić information content (AvgIpc) is 3.17. The number of hydrogen-bond acceptors (Lipinski definition) is 6. The fourth-order valence-electron chi connectivity index (χ4n) is 2.97. The first-order chi connectivity index (χ1) is 13.1. The summed E-state index contributed by atoms with van der Waals surface area (Å²) >= 11 is 0. The van der Waals surface area contributed by atoms with Gasteiger partial charge < -0.3 is 9.84 Å². The maximum atomic E-state index is 12.4. The molecule has 0 aromatic heterocycles. The molecule has 2 aromatic rings. The highest BCUT2D eigenvalue weighted by molar-refractivity contribution is 5.99. The van der Waals surface area contributed by atoms with Gasteiger partial charge in [0.2, 0.25) is 0 Å². The van der Waals surface area contributed by atoms with E-state index in [1.54, 1.807) is 31.2 Å². The second-order valence-corrected chi connectivity index (χ2v) is 6.32. The number of ether oxygens (including phenoxy) is 1. The molecule has 1 aliphatic rings. The number of rotatable bonds is 6. The van der Waals surface area contributed by atoms with Crippen LogP contribution in [0.15, 0.2) is 53.6 Å². The number of amides is 1. The number of hydrazine groups is 1. The summed E-state index contributed by atoms with van der Waals surface area (Å²) in [6.07, 6.45) is 0.587. The molecule has 2 unspecified atom stereocenters. The van der Waals surface area contributed by atoms with Crippen LogP contribution in [0.4, 0.5) is 0 Å². The monoisotopic (exact) mass is 368 g/mol. The van der Waals surface area contributed by atoms with Crippen LogP contribution in [0.25, 0.3) is 0 Å². The summed E-state index contributed by atoms with van der Waals surface area (Å²) in [7, 11) is 0. The van der Waals surface area contributed by atoms with Gasteiger partial charge in [-0.05, 0) is 56.2 Å². The lowest BCUT2D eigenvalue weighted by Gasteiger charge is -2.15. The molecule has 0 spiro atoms. The van der Waals surface area contributed by atoms with E-state index in [-0.39, 0.29) is 17.7 Å². The number of para-hydroxylation sites is 1. The smallest absolute Gasteiger partial charge is 0.258 e. The molecular formula is C20H24N4O3. The summed E-state index contributed by atoms with van der Waals surface area (Å²) in [6.45, 7) is 4.34. The van der Waals surface area contributed by atoms with Crippen LogP contribution in [0.3, 0.4) is 0 Å². The molecule has 0 radical (unpaired) electrons. The standard InChI is InChI=1S/C20H24N4O3/c1-3-27-19-7-5-4-6-16(19)17-12-18(23-22-17)20(26)24-21-13(2)14-8-10-15(25)11-9-14/h4-11,17-18,22-23,25H,3,12H2,1-2H3,(H,24,26)/b21-13+. The molecule has 2 atom stereocenters. The zero-order chi connectivity index (χ0) is 19.2. The van der Waals surface area contributed by atoms with E-state index in [4.69, 9.17) is 4.74 Å². The lowest BCUT2D eigenvalue weighted by atomic mass is 10.0. The Balaban J connectivity index is 1.61. The number of hydrogen-bond donors (Lipinski definition) is 4. The number of aromatic hydroxyl groups is 1. The molecule has 4 N–H and O–H groups in total. The number of phenolic OH excluding ortho intramolecular Hbond substituents is 1. The van der Waals surface area contributed by atoms with Crippen molar-refractivity contribution in [1.82, 2.24) is 16.3 Å². The molecule has 0 bridgehead atoms. The largest absolute Gasteiger partial charge is 0.508 e. The van der Waals surface area contributed by atoms with E-state index in [1.165, 1.54) is 0 Å². The number of phenols is 1. The Morgan fingerprint density at radius 1 is 1.22 bits per heavy atom. The van der Waals surface area contributed by atoms with Crippen LogP contribution in [0.5, 0.6) is 11.5 Å². The summed E-state index contributed by atoms with van der Waals surface area (Å²) in [4.78, 5) is 12.4. The third-order valence-corrected chi connectivity index (χ3v) is 4.43. The molecule has 0 aliphatic carbocycles. The van der Waals surface area contributed by atoms with E-state index in [0.717, 1.165) is 16.9 Å². The Bertz CT molecular complexity index is 820. The molecule has 1 aliphatic heterocycles. The van der Waals surface area contributed by atoms with Crippen LogP contribution in [-0.4, -0.2) is 29.4 Å². The van der Waals surface area contributed by atoms with Crippen LogP contribution in [0.2, 0.25) is 0 Å². The molecule has 0 saturated carbocycles. The Morgan fingerprint density at radius 2 is 1.96 bits per heavy atom. The molecule has 2 aromatic carbocycles. The van der Waals surface area contributed by atoms with Crippen LogP contribution in [-0.2, 0) is 4.79 Å². The van der Waals surface area contributed by atoms with E-state index >= 15 is 0 Å². The number of benzene rings is 2. The van der Waals surface area contributed by atoms with Crippen molar-refractivity contribution in [3.8, 4) is 11.5 Å². The first-order valence-corrected chi connectivity index (χ1v) is 8.94. The third kappa shape index (κ3) is 4.64. The summed E-state index contributed by atoms with van der Waals surface area (Å²) in [6, 6.07) is 14.0. The molecule has 142 valence electrons. The predicted octanol–water partition coefficient (Wildman–Crippen LogP) is 2.24. The van der Waals surface area contributed by atoms with Crippen LogP contribution in [0.1, 0.15) is 37.4 Å². The van der Waals surface area contributed by atoms with Crippen LogP contribution < -0.4 is 21.0 Å². The molecule has 1 heterocycles. The van der Waals surface area contributed by atoms with E-state index in [9.17, 15) is 9.90 Å². The molecule has 7 heteroatoms. The second kappa shape index (κ2) is 8.66. The van der Waals surface area contributed by atoms with Crippen molar-refractivity contribution in [1.29, 1.82) is 0 Å². The number of carbonyl (C=O) groups excluding carboxylic acids is 1. The normalized spacial score (nSPS) is 19.7. The van der Waals surface area contributed by atoms with Crippen molar-refractivity contribution >= 4 is 11.6 Å². The zero-order valence-corrected chi connectivity index (χ0v) is 15.4. The zero-order valence-electron chi connectivity index (χ0n) is 15.4. The van der Waals surface area contributed by atoms with Gasteiger partial charge in [0.05, 0.1) is 18.4 Å². The predicted molar refractivity (Wildman–Crippen MR) is 103 cm³/mol. The quantitative estimate of drug-likeness (QED) is 0.463. The molecule has 27 heavy (non-hydrogen) atoms. The second-order valence-electron chi connectivity index (χ2n) is 6.32. The van der Waals surface area contributed by atoms with E-state index in [1.807, 2.05) is 31.2 Å². The molecule has 1 saturated heterocycles. The SMILES string of the molecule is CCOc1ccccc1C1CC(C(=O)N/N=C(\C)c2ccc(O)cc2)NN1. The average molecular weight is 368 g/mol. The van der Waals surface area contributed by atoms with Crippen LogP contribution in [0, 0.1) is 0 Å². The van der Waals surface area contributed by atoms with E-state index < -0.39 is 6.04 Å². The van der Waals surface area contributed by atoms with Crippen molar-refractivity contribution in [3.63, 3.8) is 0 Å². The summed E-state index contributed by atoms with van der Waals surface area (Å²) < 4.78 is 5.67. The third-order valence-electron chi connectivity index (χ3n) is 4.43. The van der Waals surface area contributed by atoms with Crippen molar-refractivity contribution in [2.45, 2.75) is 32.4 Å². The maximum Gasteiger partial charge on any atom is 0.258 e. The highest BCUT2D eigenvalue weighted by atomic mass is 16.5. The first kappa shape index (κ1) is 18.9.